The molecule has 1 saturated heterocycles. The minimum absolute atomic E-state index is 0.0497. The molecule has 9 heteroatoms. The highest BCUT2D eigenvalue weighted by Gasteiger charge is 2.33. The minimum atomic E-state index is -4.61. The molecule has 0 unspecified atom stereocenters. The van der Waals surface area contributed by atoms with E-state index in [-0.39, 0.29) is 23.0 Å². The lowest BCUT2D eigenvalue weighted by Crippen LogP contribution is -2.41. The quantitative estimate of drug-likeness (QED) is 0.890. The summed E-state index contributed by atoms with van der Waals surface area (Å²) in [6.45, 7) is 1.66. The van der Waals surface area contributed by atoms with E-state index < -0.39 is 17.6 Å². The molecule has 1 fully saturated rings. The van der Waals surface area contributed by atoms with E-state index in [0.29, 0.717) is 26.3 Å². The average molecular weight is 379 g/mol. The number of pyridine rings is 1. The molecule has 0 spiro atoms. The first-order chi connectivity index (χ1) is 12.9. The molecule has 1 aromatic carbocycles. The summed E-state index contributed by atoms with van der Waals surface area (Å²) in [6.07, 6.45) is -4.61. The summed E-state index contributed by atoms with van der Waals surface area (Å²) in [5.41, 5.74) is -1.43. The van der Waals surface area contributed by atoms with Crippen molar-refractivity contribution in [3.05, 3.63) is 59.4 Å². The number of para-hydroxylation sites is 1. The molecule has 0 aliphatic carbocycles. The summed E-state index contributed by atoms with van der Waals surface area (Å²) in [4.78, 5) is 30.4. The number of rotatable bonds is 3. The lowest BCUT2D eigenvalue weighted by Gasteiger charge is -2.26. The Morgan fingerprint density at radius 3 is 2.37 bits per heavy atom. The van der Waals surface area contributed by atoms with Crippen LogP contribution in [0, 0.1) is 0 Å². The van der Waals surface area contributed by atoms with Gasteiger partial charge in [-0.2, -0.15) is 13.2 Å². The number of ether oxygens (including phenoxy) is 1. The summed E-state index contributed by atoms with van der Waals surface area (Å²) in [7, 11) is 0. The first-order valence-electron chi connectivity index (χ1n) is 8.18. The van der Waals surface area contributed by atoms with Crippen LogP contribution < -0.4 is 5.32 Å². The van der Waals surface area contributed by atoms with Crippen molar-refractivity contribution >= 4 is 17.5 Å². The Kier molecular flexibility index (Phi) is 5.41. The largest absolute Gasteiger partial charge is 0.418 e. The first-order valence-corrected chi connectivity index (χ1v) is 8.18. The Morgan fingerprint density at radius 1 is 1.00 bits per heavy atom. The molecule has 0 radical (unpaired) electrons. The van der Waals surface area contributed by atoms with Gasteiger partial charge in [0.05, 0.1) is 24.5 Å². The number of alkyl halides is 3. The monoisotopic (exact) mass is 379 g/mol. The molecule has 3 rings (SSSR count). The summed E-state index contributed by atoms with van der Waals surface area (Å²) in [5, 5.41) is 2.21. The number of hydrogen-bond acceptors (Lipinski definition) is 4. The summed E-state index contributed by atoms with van der Waals surface area (Å²) >= 11 is 0. The molecule has 2 heterocycles. The third kappa shape index (κ3) is 4.43. The van der Waals surface area contributed by atoms with Gasteiger partial charge in [-0.3, -0.25) is 9.59 Å². The Bertz CT molecular complexity index is 849. The lowest BCUT2D eigenvalue weighted by molar-refractivity contribution is -0.136. The fraction of sp³-hybridized carbons (Fsp3) is 0.278. The van der Waals surface area contributed by atoms with E-state index in [1.807, 2.05) is 0 Å². The van der Waals surface area contributed by atoms with Crippen LogP contribution >= 0.6 is 0 Å². The molecule has 6 nitrogen and oxygen atoms in total. The van der Waals surface area contributed by atoms with E-state index in [1.54, 1.807) is 4.90 Å². The Labute approximate surface area is 152 Å². The van der Waals surface area contributed by atoms with Crippen LogP contribution in [0.4, 0.5) is 18.9 Å². The SMILES string of the molecule is O=C(Nc1ccccc1C(F)(F)F)c1cccc(C(=O)N2CCOCC2)n1. The van der Waals surface area contributed by atoms with Gasteiger partial charge in [0.1, 0.15) is 11.4 Å². The number of carbonyl (C=O) groups is 2. The molecule has 2 aromatic rings. The van der Waals surface area contributed by atoms with Crippen molar-refractivity contribution in [3.63, 3.8) is 0 Å². The van der Waals surface area contributed by atoms with E-state index in [0.717, 1.165) is 12.1 Å². The van der Waals surface area contributed by atoms with Gasteiger partial charge in [0.25, 0.3) is 11.8 Å². The Morgan fingerprint density at radius 2 is 1.67 bits per heavy atom. The topological polar surface area (TPSA) is 71.5 Å². The van der Waals surface area contributed by atoms with E-state index in [2.05, 4.69) is 10.3 Å². The molecule has 1 N–H and O–H groups in total. The van der Waals surface area contributed by atoms with Gasteiger partial charge in [0, 0.05) is 13.1 Å². The predicted octanol–water partition coefficient (Wildman–Crippen LogP) is 2.83. The van der Waals surface area contributed by atoms with Crippen LogP contribution in [0.3, 0.4) is 0 Å². The standard InChI is InChI=1S/C18H16F3N3O3/c19-18(20,21)12-4-1-2-5-13(12)23-16(25)14-6-3-7-15(22-14)17(26)24-8-10-27-11-9-24/h1-7H,8-11H2,(H,23,25). The van der Waals surface area contributed by atoms with Crippen molar-refractivity contribution in [1.29, 1.82) is 0 Å². The maximum absolute atomic E-state index is 13.0. The molecular weight excluding hydrogens is 363 g/mol. The molecule has 142 valence electrons. The van der Waals surface area contributed by atoms with Gasteiger partial charge in [-0.05, 0) is 24.3 Å². The van der Waals surface area contributed by atoms with E-state index >= 15 is 0 Å². The third-order valence-corrected chi connectivity index (χ3v) is 3.98. The molecule has 27 heavy (non-hydrogen) atoms. The normalized spacial score (nSPS) is 14.7. The number of benzene rings is 1. The van der Waals surface area contributed by atoms with Crippen LogP contribution in [-0.2, 0) is 10.9 Å². The molecule has 0 saturated carbocycles. The van der Waals surface area contributed by atoms with Gasteiger partial charge >= 0.3 is 6.18 Å². The molecule has 1 aliphatic rings. The van der Waals surface area contributed by atoms with Crippen molar-refractivity contribution < 1.29 is 27.5 Å². The third-order valence-electron chi connectivity index (χ3n) is 3.98. The number of nitrogens with one attached hydrogen (secondary N) is 1. The fourth-order valence-electron chi connectivity index (χ4n) is 2.63. The average Bonchev–Trinajstić information content (AvgIpc) is 2.68. The Hall–Kier alpha value is -2.94. The number of carbonyl (C=O) groups excluding carboxylic acids is 2. The second kappa shape index (κ2) is 7.75. The van der Waals surface area contributed by atoms with Gasteiger partial charge in [-0.15, -0.1) is 0 Å². The molecule has 0 bridgehead atoms. The van der Waals surface area contributed by atoms with Gasteiger partial charge in [0.2, 0.25) is 0 Å². The minimum Gasteiger partial charge on any atom is -0.378 e. The fourth-order valence-corrected chi connectivity index (χ4v) is 2.63. The van der Waals surface area contributed by atoms with Crippen molar-refractivity contribution in [3.8, 4) is 0 Å². The summed E-state index contributed by atoms with van der Waals surface area (Å²) < 4.78 is 44.3. The number of morpholine rings is 1. The van der Waals surface area contributed by atoms with Crippen molar-refractivity contribution in [2.45, 2.75) is 6.18 Å². The lowest BCUT2D eigenvalue weighted by atomic mass is 10.1. The zero-order chi connectivity index (χ0) is 19.4. The van der Waals surface area contributed by atoms with E-state index in [4.69, 9.17) is 4.74 Å². The number of anilines is 1. The highest BCUT2D eigenvalue weighted by atomic mass is 19.4. The summed E-state index contributed by atoms with van der Waals surface area (Å²) in [6, 6.07) is 8.91. The van der Waals surface area contributed by atoms with Gasteiger partial charge in [0.15, 0.2) is 0 Å². The van der Waals surface area contributed by atoms with E-state index in [9.17, 15) is 22.8 Å². The van der Waals surface area contributed by atoms with E-state index in [1.165, 1.54) is 30.3 Å². The van der Waals surface area contributed by atoms with Gasteiger partial charge in [-0.25, -0.2) is 4.98 Å². The Balaban J connectivity index is 1.79. The van der Waals surface area contributed by atoms with Crippen molar-refractivity contribution in [2.24, 2.45) is 0 Å². The van der Waals surface area contributed by atoms with Crippen LogP contribution in [0.15, 0.2) is 42.5 Å². The first kappa shape index (κ1) is 18.8. The zero-order valence-electron chi connectivity index (χ0n) is 14.1. The van der Waals surface area contributed by atoms with Crippen LogP contribution in [-0.4, -0.2) is 48.0 Å². The maximum atomic E-state index is 13.0. The van der Waals surface area contributed by atoms with Crippen LogP contribution in [0.2, 0.25) is 0 Å². The molecular formula is C18H16F3N3O3. The molecule has 1 aromatic heterocycles. The van der Waals surface area contributed by atoms with Gasteiger partial charge in [-0.1, -0.05) is 18.2 Å². The highest BCUT2D eigenvalue weighted by Crippen LogP contribution is 2.34. The molecule has 2 amide bonds. The van der Waals surface area contributed by atoms with Crippen LogP contribution in [0.1, 0.15) is 26.5 Å². The number of amides is 2. The number of hydrogen-bond donors (Lipinski definition) is 1. The molecule has 0 atom stereocenters. The second-order valence-electron chi connectivity index (χ2n) is 5.81. The van der Waals surface area contributed by atoms with Crippen LogP contribution in [0.25, 0.3) is 0 Å². The van der Waals surface area contributed by atoms with Crippen molar-refractivity contribution in [1.82, 2.24) is 9.88 Å². The predicted molar refractivity (Wildman–Crippen MR) is 90.4 cm³/mol. The maximum Gasteiger partial charge on any atom is 0.418 e. The zero-order valence-corrected chi connectivity index (χ0v) is 14.1. The van der Waals surface area contributed by atoms with Crippen LogP contribution in [0.5, 0.6) is 0 Å². The summed E-state index contributed by atoms with van der Waals surface area (Å²) in [5.74, 6) is -1.19. The second-order valence-corrected chi connectivity index (χ2v) is 5.81. The smallest absolute Gasteiger partial charge is 0.378 e. The number of nitrogens with zero attached hydrogens (tertiary/aromatic N) is 2. The highest BCUT2D eigenvalue weighted by molar-refractivity contribution is 6.04. The number of halogens is 3. The molecule has 1 aliphatic heterocycles. The number of aromatic nitrogens is 1. The van der Waals surface area contributed by atoms with Gasteiger partial charge < -0.3 is 15.0 Å². The van der Waals surface area contributed by atoms with Crippen molar-refractivity contribution in [2.75, 3.05) is 31.6 Å².